The Labute approximate surface area is 120 Å². The molecule has 1 unspecified atom stereocenters. The summed E-state index contributed by atoms with van der Waals surface area (Å²) in [5.74, 6) is 0.888. The molecule has 2 aromatic heterocycles. The van der Waals surface area contributed by atoms with E-state index in [1.807, 2.05) is 0 Å². The minimum atomic E-state index is -0.943. The van der Waals surface area contributed by atoms with Crippen LogP contribution in [0.3, 0.4) is 0 Å². The highest BCUT2D eigenvalue weighted by Crippen LogP contribution is 2.23. The average Bonchev–Trinajstić information content (AvgIpc) is 3.08. The summed E-state index contributed by atoms with van der Waals surface area (Å²) in [6.45, 7) is 0. The van der Waals surface area contributed by atoms with Crippen molar-refractivity contribution in [2.45, 2.75) is 6.23 Å². The highest BCUT2D eigenvalue weighted by molar-refractivity contribution is 5.85. The van der Waals surface area contributed by atoms with Crippen LogP contribution in [0.25, 0.3) is 5.70 Å². The monoisotopic (exact) mass is 297 g/mol. The summed E-state index contributed by atoms with van der Waals surface area (Å²) < 4.78 is 6.49. The van der Waals surface area contributed by atoms with Crippen LogP contribution in [0.1, 0.15) is 0 Å². The number of rotatable bonds is 3. The first kappa shape index (κ1) is 14.0. The minimum absolute atomic E-state index is 0. The quantitative estimate of drug-likeness (QED) is 0.792. The van der Waals surface area contributed by atoms with Crippen LogP contribution in [-0.4, -0.2) is 43.4 Å². The number of methoxy groups -OCH3 is 1. The van der Waals surface area contributed by atoms with Crippen LogP contribution in [0, 0.1) is 0 Å². The van der Waals surface area contributed by atoms with Crippen LogP contribution < -0.4 is 15.2 Å². The Morgan fingerprint density at radius 1 is 1.40 bits per heavy atom. The number of hydrazine groups is 1. The van der Waals surface area contributed by atoms with Crippen molar-refractivity contribution in [2.75, 3.05) is 12.1 Å². The lowest BCUT2D eigenvalue weighted by Gasteiger charge is -2.22. The maximum atomic E-state index is 10.2. The van der Waals surface area contributed by atoms with E-state index < -0.39 is 6.23 Å². The molecule has 20 heavy (non-hydrogen) atoms. The molecule has 3 heterocycles. The van der Waals surface area contributed by atoms with Gasteiger partial charge in [-0.3, -0.25) is 5.43 Å². The van der Waals surface area contributed by atoms with Crippen molar-refractivity contribution in [1.29, 1.82) is 0 Å². The van der Waals surface area contributed by atoms with Crippen molar-refractivity contribution in [1.82, 2.24) is 30.4 Å². The Morgan fingerprint density at radius 2 is 2.25 bits per heavy atom. The van der Waals surface area contributed by atoms with E-state index in [9.17, 15) is 5.11 Å². The van der Waals surface area contributed by atoms with Crippen molar-refractivity contribution in [3.8, 4) is 5.88 Å². The zero-order valence-electron chi connectivity index (χ0n) is 10.4. The molecule has 0 amide bonds. The van der Waals surface area contributed by atoms with Gasteiger partial charge >= 0.3 is 0 Å². The second-order valence-electron chi connectivity index (χ2n) is 3.71. The predicted molar refractivity (Wildman–Crippen MR) is 71.7 cm³/mol. The number of anilines is 1. The maximum absolute atomic E-state index is 10.2. The van der Waals surface area contributed by atoms with Gasteiger partial charge in [0, 0.05) is 12.3 Å². The van der Waals surface area contributed by atoms with Gasteiger partial charge in [-0.2, -0.15) is 0 Å². The van der Waals surface area contributed by atoms with Gasteiger partial charge in [-0.05, 0) is 0 Å². The van der Waals surface area contributed by atoms with Crippen LogP contribution in [-0.2, 0) is 0 Å². The van der Waals surface area contributed by atoms with Gasteiger partial charge in [0.2, 0.25) is 5.88 Å². The largest absolute Gasteiger partial charge is 0.481 e. The molecule has 1 aliphatic heterocycles. The molecule has 2 N–H and O–H groups in total. The van der Waals surface area contributed by atoms with E-state index in [2.05, 4.69) is 25.7 Å². The molecule has 0 spiro atoms. The van der Waals surface area contributed by atoms with Gasteiger partial charge in [0.1, 0.15) is 12.0 Å². The number of hydrogen-bond acceptors (Lipinski definition) is 8. The molecule has 3 rings (SSSR count). The van der Waals surface area contributed by atoms with Gasteiger partial charge in [0.25, 0.3) is 0 Å². The van der Waals surface area contributed by atoms with Crippen molar-refractivity contribution >= 4 is 23.9 Å². The van der Waals surface area contributed by atoms with E-state index in [0.29, 0.717) is 17.4 Å². The van der Waals surface area contributed by atoms with Crippen molar-refractivity contribution in [3.63, 3.8) is 0 Å². The normalized spacial score (nSPS) is 17.2. The molecule has 106 valence electrons. The molecule has 0 saturated carbocycles. The molecule has 10 heteroatoms. The molecule has 2 aromatic rings. The van der Waals surface area contributed by atoms with Gasteiger partial charge in [-0.25, -0.2) is 19.7 Å². The Kier molecular flexibility index (Phi) is 4.01. The number of halogens is 1. The molecular formula is C10H12ClN7O2. The fourth-order valence-corrected chi connectivity index (χ4v) is 1.71. The Bertz CT molecular complexity index is 603. The third kappa shape index (κ3) is 2.36. The number of aliphatic hydroxyl groups excluding tert-OH is 1. The van der Waals surface area contributed by atoms with Crippen LogP contribution in [0.5, 0.6) is 5.88 Å². The minimum Gasteiger partial charge on any atom is -0.481 e. The first-order chi connectivity index (χ1) is 9.29. The number of ether oxygens (including phenoxy) is 1. The third-order valence-corrected chi connectivity index (χ3v) is 2.63. The summed E-state index contributed by atoms with van der Waals surface area (Å²) in [4.78, 5) is 7.98. The van der Waals surface area contributed by atoms with Gasteiger partial charge < -0.3 is 9.84 Å². The summed E-state index contributed by atoms with van der Waals surface area (Å²) in [6.07, 6.45) is 5.20. The molecule has 0 bridgehead atoms. The maximum Gasteiger partial charge on any atom is 0.218 e. The van der Waals surface area contributed by atoms with Crippen molar-refractivity contribution in [2.24, 2.45) is 0 Å². The smallest absolute Gasteiger partial charge is 0.218 e. The molecular weight excluding hydrogens is 286 g/mol. The lowest BCUT2D eigenvalue weighted by atomic mass is 10.4. The summed E-state index contributed by atoms with van der Waals surface area (Å²) >= 11 is 0. The Balaban J connectivity index is 0.00000147. The molecule has 0 saturated heterocycles. The highest BCUT2D eigenvalue weighted by Gasteiger charge is 2.28. The second kappa shape index (κ2) is 5.72. The standard InChI is InChI=1S/C10H11N7O2.ClH/c1-19-9-4-8(11-6-12-9)17-10(18)7(5-14-17)16-3-2-13-15-16;/h2-6,10,14,18H,1H3;1H. The molecule has 0 aromatic carbocycles. The van der Waals surface area contributed by atoms with E-state index in [0.717, 1.165) is 0 Å². The molecule has 1 aliphatic rings. The van der Waals surface area contributed by atoms with E-state index in [-0.39, 0.29) is 12.4 Å². The Hall–Kier alpha value is -2.39. The number of aliphatic hydroxyl groups is 1. The molecule has 0 radical (unpaired) electrons. The predicted octanol–water partition coefficient (Wildman–Crippen LogP) is -0.360. The lowest BCUT2D eigenvalue weighted by Crippen LogP contribution is -2.39. The fourth-order valence-electron chi connectivity index (χ4n) is 1.71. The number of hydrogen-bond donors (Lipinski definition) is 2. The number of aromatic nitrogens is 5. The molecule has 0 aliphatic carbocycles. The van der Waals surface area contributed by atoms with Gasteiger partial charge in [-0.1, -0.05) is 5.21 Å². The van der Waals surface area contributed by atoms with Crippen LogP contribution in [0.4, 0.5) is 5.82 Å². The van der Waals surface area contributed by atoms with Crippen LogP contribution in [0.15, 0.2) is 31.0 Å². The SMILES string of the molecule is COc1cc(N2NC=C(n3ccnn3)C2O)ncn1.Cl. The number of nitrogens with zero attached hydrogens (tertiary/aromatic N) is 6. The summed E-state index contributed by atoms with van der Waals surface area (Å²) in [5, 5.41) is 19.2. The zero-order chi connectivity index (χ0) is 13.2. The van der Waals surface area contributed by atoms with E-state index in [4.69, 9.17) is 4.74 Å². The first-order valence-electron chi connectivity index (χ1n) is 5.46. The summed E-state index contributed by atoms with van der Waals surface area (Å²) in [6, 6.07) is 1.61. The molecule has 9 nitrogen and oxygen atoms in total. The summed E-state index contributed by atoms with van der Waals surface area (Å²) in [5.41, 5.74) is 3.44. The lowest BCUT2D eigenvalue weighted by molar-refractivity contribution is 0.218. The third-order valence-electron chi connectivity index (χ3n) is 2.63. The van der Waals surface area contributed by atoms with E-state index in [1.165, 1.54) is 29.3 Å². The average molecular weight is 298 g/mol. The van der Waals surface area contributed by atoms with Gasteiger partial charge in [0.05, 0.1) is 19.5 Å². The highest BCUT2D eigenvalue weighted by atomic mass is 35.5. The summed E-state index contributed by atoms with van der Waals surface area (Å²) in [7, 11) is 1.51. The van der Waals surface area contributed by atoms with Crippen LogP contribution >= 0.6 is 12.4 Å². The van der Waals surface area contributed by atoms with E-state index in [1.54, 1.807) is 18.5 Å². The molecule has 0 fully saturated rings. The van der Waals surface area contributed by atoms with Crippen LogP contribution in [0.2, 0.25) is 0 Å². The van der Waals surface area contributed by atoms with Gasteiger partial charge in [0.15, 0.2) is 12.0 Å². The van der Waals surface area contributed by atoms with Crippen molar-refractivity contribution in [3.05, 3.63) is 31.0 Å². The van der Waals surface area contributed by atoms with E-state index >= 15 is 0 Å². The number of nitrogens with one attached hydrogen (secondary N) is 1. The second-order valence-corrected chi connectivity index (χ2v) is 3.71. The van der Waals surface area contributed by atoms with Gasteiger partial charge in [-0.15, -0.1) is 17.5 Å². The molecule has 1 atom stereocenters. The topological polar surface area (TPSA) is 101 Å². The first-order valence-corrected chi connectivity index (χ1v) is 5.46. The Morgan fingerprint density at radius 3 is 2.95 bits per heavy atom. The zero-order valence-corrected chi connectivity index (χ0v) is 11.2. The fraction of sp³-hybridized carbons (Fsp3) is 0.200. The van der Waals surface area contributed by atoms with Crippen molar-refractivity contribution < 1.29 is 9.84 Å².